The molecule has 3 aromatic rings. The summed E-state index contributed by atoms with van der Waals surface area (Å²) in [6.07, 6.45) is 2.51. The van der Waals surface area contributed by atoms with E-state index in [9.17, 15) is 18.9 Å². The van der Waals surface area contributed by atoms with Crippen molar-refractivity contribution in [1.82, 2.24) is 24.7 Å². The van der Waals surface area contributed by atoms with Crippen LogP contribution in [0.5, 0.6) is 0 Å². The van der Waals surface area contributed by atoms with Crippen molar-refractivity contribution in [3.63, 3.8) is 0 Å². The molecule has 13 heteroatoms. The van der Waals surface area contributed by atoms with Crippen LogP contribution in [0.1, 0.15) is 23.8 Å². The predicted molar refractivity (Wildman–Crippen MR) is 86.4 cm³/mol. The molecule has 26 heavy (non-hydrogen) atoms. The second-order valence-electron chi connectivity index (χ2n) is 4.86. The Hall–Kier alpha value is -3.09. The van der Waals surface area contributed by atoms with Crippen LogP contribution in [0.15, 0.2) is 39.2 Å². The van der Waals surface area contributed by atoms with E-state index >= 15 is 0 Å². The molecule has 0 radical (unpaired) electrons. The van der Waals surface area contributed by atoms with Gasteiger partial charge in [0.25, 0.3) is 6.43 Å². The fourth-order valence-electron chi connectivity index (χ4n) is 2.01. The molecule has 0 aliphatic rings. The average Bonchev–Trinajstić information content (AvgIpc) is 3.32. The maximum atomic E-state index is 12.9. The van der Waals surface area contributed by atoms with Gasteiger partial charge in [0.15, 0.2) is 0 Å². The standard InChI is InChI=1S/C13H11F2N7O3S/c1-26-13-19-18-12(11(14)15)21(13)17-5-9-2-3-10(25-9)7-20-6-8(4-16-20)22(23)24/h2-6,11H,7H2,1H3. The third-order valence-electron chi connectivity index (χ3n) is 3.15. The van der Waals surface area contributed by atoms with Gasteiger partial charge in [0.1, 0.15) is 23.9 Å². The van der Waals surface area contributed by atoms with E-state index in [1.54, 1.807) is 18.4 Å². The van der Waals surface area contributed by atoms with Crippen molar-refractivity contribution in [1.29, 1.82) is 0 Å². The summed E-state index contributed by atoms with van der Waals surface area (Å²) in [5.74, 6) is 0.205. The van der Waals surface area contributed by atoms with Gasteiger partial charge in [-0.15, -0.1) is 10.2 Å². The van der Waals surface area contributed by atoms with E-state index in [0.717, 1.165) is 22.6 Å². The summed E-state index contributed by atoms with van der Waals surface area (Å²) < 4.78 is 33.6. The summed E-state index contributed by atoms with van der Waals surface area (Å²) in [6.45, 7) is 0.173. The highest BCUT2D eigenvalue weighted by atomic mass is 32.2. The first-order chi connectivity index (χ1) is 12.5. The van der Waals surface area contributed by atoms with Gasteiger partial charge in [0, 0.05) is 0 Å². The van der Waals surface area contributed by atoms with Crippen molar-refractivity contribution in [3.8, 4) is 0 Å². The lowest BCUT2D eigenvalue weighted by atomic mass is 10.4. The lowest BCUT2D eigenvalue weighted by Gasteiger charge is -2.00. The molecule has 0 aromatic carbocycles. The Morgan fingerprint density at radius 2 is 2.27 bits per heavy atom. The zero-order valence-electron chi connectivity index (χ0n) is 13.2. The van der Waals surface area contributed by atoms with Crippen molar-refractivity contribution >= 4 is 23.7 Å². The third kappa shape index (κ3) is 3.77. The molecule has 0 spiro atoms. The highest BCUT2D eigenvalue weighted by molar-refractivity contribution is 7.98. The molecule has 0 bridgehead atoms. The van der Waals surface area contributed by atoms with Crippen LogP contribution in [0.2, 0.25) is 0 Å². The van der Waals surface area contributed by atoms with Crippen LogP contribution in [-0.2, 0) is 6.54 Å². The number of thioether (sulfide) groups is 1. The molecule has 10 nitrogen and oxygen atoms in total. The molecule has 0 atom stereocenters. The largest absolute Gasteiger partial charge is 0.458 e. The number of hydrogen-bond acceptors (Lipinski definition) is 8. The van der Waals surface area contributed by atoms with E-state index in [1.165, 1.54) is 17.1 Å². The summed E-state index contributed by atoms with van der Waals surface area (Å²) in [4.78, 5) is 10.1. The molecule has 3 rings (SSSR count). The van der Waals surface area contributed by atoms with Crippen LogP contribution >= 0.6 is 11.8 Å². The van der Waals surface area contributed by atoms with Gasteiger partial charge in [-0.25, -0.2) is 8.78 Å². The minimum Gasteiger partial charge on any atom is -0.458 e. The van der Waals surface area contributed by atoms with Gasteiger partial charge in [-0.3, -0.25) is 14.8 Å². The molecule has 0 saturated carbocycles. The Balaban J connectivity index is 1.75. The van der Waals surface area contributed by atoms with Crippen LogP contribution < -0.4 is 0 Å². The van der Waals surface area contributed by atoms with Crippen molar-refractivity contribution in [3.05, 3.63) is 52.0 Å². The van der Waals surface area contributed by atoms with Gasteiger partial charge in [-0.2, -0.15) is 14.9 Å². The van der Waals surface area contributed by atoms with E-state index in [0.29, 0.717) is 11.5 Å². The van der Waals surface area contributed by atoms with Crippen LogP contribution in [0.4, 0.5) is 14.5 Å². The molecule has 0 N–H and O–H groups in total. The minimum atomic E-state index is -2.82. The molecule has 3 heterocycles. The van der Waals surface area contributed by atoms with Crippen molar-refractivity contribution in [2.45, 2.75) is 18.1 Å². The lowest BCUT2D eigenvalue weighted by molar-refractivity contribution is -0.385. The van der Waals surface area contributed by atoms with Gasteiger partial charge in [0.05, 0.1) is 17.7 Å². The minimum absolute atomic E-state index is 0.130. The van der Waals surface area contributed by atoms with E-state index in [1.807, 2.05) is 0 Å². The smallest absolute Gasteiger partial charge is 0.307 e. The molecule has 0 unspecified atom stereocenters. The summed E-state index contributed by atoms with van der Waals surface area (Å²) in [7, 11) is 0. The molecule has 3 aromatic heterocycles. The monoisotopic (exact) mass is 383 g/mol. The quantitative estimate of drug-likeness (QED) is 0.266. The second kappa shape index (κ2) is 7.43. The molecule has 0 saturated heterocycles. The van der Waals surface area contributed by atoms with Gasteiger partial charge in [-0.05, 0) is 18.4 Å². The molecule has 0 aliphatic heterocycles. The summed E-state index contributed by atoms with van der Waals surface area (Å²) in [5.41, 5.74) is -0.130. The lowest BCUT2D eigenvalue weighted by Crippen LogP contribution is -2.00. The molecular formula is C13H11F2N7O3S. The highest BCUT2D eigenvalue weighted by Gasteiger charge is 2.19. The Labute approximate surface area is 148 Å². The number of hydrogen-bond donors (Lipinski definition) is 0. The normalized spacial score (nSPS) is 11.7. The summed E-state index contributed by atoms with van der Waals surface area (Å²) in [5, 5.41) is 25.7. The van der Waals surface area contributed by atoms with E-state index < -0.39 is 17.2 Å². The number of nitrogens with zero attached hydrogens (tertiary/aromatic N) is 7. The molecule has 0 aliphatic carbocycles. The van der Waals surface area contributed by atoms with Crippen LogP contribution in [0.3, 0.4) is 0 Å². The predicted octanol–water partition coefficient (Wildman–Crippen LogP) is 2.57. The Morgan fingerprint density at radius 1 is 1.46 bits per heavy atom. The zero-order valence-corrected chi connectivity index (χ0v) is 14.0. The van der Waals surface area contributed by atoms with Crippen molar-refractivity contribution in [2.75, 3.05) is 6.26 Å². The number of nitro groups is 1. The van der Waals surface area contributed by atoms with E-state index in [-0.39, 0.29) is 17.4 Å². The van der Waals surface area contributed by atoms with Crippen molar-refractivity contribution in [2.24, 2.45) is 5.10 Å². The Bertz CT molecular complexity index is 949. The zero-order chi connectivity index (χ0) is 18.7. The summed E-state index contributed by atoms with van der Waals surface area (Å²) >= 11 is 1.13. The van der Waals surface area contributed by atoms with Gasteiger partial charge < -0.3 is 4.42 Å². The number of furan rings is 1. The average molecular weight is 383 g/mol. The highest BCUT2D eigenvalue weighted by Crippen LogP contribution is 2.21. The van der Waals surface area contributed by atoms with Gasteiger partial charge in [-0.1, -0.05) is 11.8 Å². The third-order valence-corrected chi connectivity index (χ3v) is 3.76. The SMILES string of the molecule is CSc1nnc(C(F)F)n1N=Cc1ccc(Cn2cc([N+](=O)[O-])cn2)o1. The molecule has 0 amide bonds. The number of rotatable bonds is 7. The molecule has 136 valence electrons. The first kappa shape index (κ1) is 17.7. The van der Waals surface area contributed by atoms with Gasteiger partial charge in [0.2, 0.25) is 11.0 Å². The second-order valence-corrected chi connectivity index (χ2v) is 5.63. The Morgan fingerprint density at radius 3 is 2.92 bits per heavy atom. The first-order valence-electron chi connectivity index (χ1n) is 7.05. The maximum Gasteiger partial charge on any atom is 0.307 e. The maximum absolute atomic E-state index is 12.9. The van der Waals surface area contributed by atoms with Crippen LogP contribution in [0.25, 0.3) is 0 Å². The summed E-state index contributed by atoms with van der Waals surface area (Å²) in [6, 6.07) is 3.21. The van der Waals surface area contributed by atoms with E-state index in [2.05, 4.69) is 20.4 Å². The molecular weight excluding hydrogens is 372 g/mol. The topological polar surface area (TPSA) is 117 Å². The van der Waals surface area contributed by atoms with Gasteiger partial charge >= 0.3 is 5.69 Å². The first-order valence-corrected chi connectivity index (χ1v) is 8.27. The number of alkyl halides is 2. The molecule has 0 fully saturated rings. The number of aromatic nitrogens is 5. The Kier molecular flexibility index (Phi) is 5.06. The van der Waals surface area contributed by atoms with Crippen LogP contribution in [0, 0.1) is 10.1 Å². The van der Waals surface area contributed by atoms with Crippen molar-refractivity contribution < 1.29 is 18.1 Å². The van der Waals surface area contributed by atoms with Crippen LogP contribution in [-0.4, -0.2) is 42.0 Å². The van der Waals surface area contributed by atoms with E-state index in [4.69, 9.17) is 4.42 Å². The number of halogens is 2. The fraction of sp³-hybridized carbons (Fsp3) is 0.231. The fourth-order valence-corrected chi connectivity index (χ4v) is 2.44.